The summed E-state index contributed by atoms with van der Waals surface area (Å²) in [5, 5.41) is 0. The van der Waals surface area contributed by atoms with E-state index in [0.717, 1.165) is 12.0 Å². The van der Waals surface area contributed by atoms with Crippen LogP contribution in [-0.2, 0) is 19.0 Å². The Morgan fingerprint density at radius 3 is 2.56 bits per heavy atom. The maximum absolute atomic E-state index is 11.3. The molecule has 4 nitrogen and oxygen atoms in total. The van der Waals surface area contributed by atoms with Gasteiger partial charge in [-0.15, -0.1) is 0 Å². The third-order valence-electron chi connectivity index (χ3n) is 2.69. The van der Waals surface area contributed by atoms with E-state index in [2.05, 4.69) is 0 Å². The first-order chi connectivity index (χ1) is 8.79. The normalized spacial score (nSPS) is 23.6. The van der Waals surface area contributed by atoms with Gasteiger partial charge in [-0.1, -0.05) is 37.3 Å². The summed E-state index contributed by atoms with van der Waals surface area (Å²) < 4.78 is 16.3. The van der Waals surface area contributed by atoms with Crippen LogP contribution in [0, 0.1) is 0 Å². The van der Waals surface area contributed by atoms with Gasteiger partial charge < -0.3 is 14.2 Å². The standard InChI is InChI=1S/C14H18O4/c1-2-6-13(15)18-12-9-16-14(17-10-12)11-7-4-3-5-8-11/h3-5,7-8,12,14H,2,6,9-10H2,1H3. The second-order valence-corrected chi connectivity index (χ2v) is 4.27. The Hall–Kier alpha value is -1.39. The van der Waals surface area contributed by atoms with Crippen LogP contribution in [0.15, 0.2) is 30.3 Å². The molecule has 2 rings (SSSR count). The molecule has 0 radical (unpaired) electrons. The maximum Gasteiger partial charge on any atom is 0.306 e. The number of carbonyl (C=O) groups excluding carboxylic acids is 1. The lowest BCUT2D eigenvalue weighted by molar-refractivity contribution is -0.229. The highest BCUT2D eigenvalue weighted by Crippen LogP contribution is 2.23. The van der Waals surface area contributed by atoms with Gasteiger partial charge in [0.15, 0.2) is 6.29 Å². The lowest BCUT2D eigenvalue weighted by Gasteiger charge is -2.29. The van der Waals surface area contributed by atoms with Crippen molar-refractivity contribution >= 4 is 5.97 Å². The SMILES string of the molecule is CCCC(=O)OC1COC(c2ccccc2)OC1. The fraction of sp³-hybridized carbons (Fsp3) is 0.500. The first kappa shape index (κ1) is 13.1. The predicted octanol–water partition coefficient (Wildman–Crippen LogP) is 2.44. The fourth-order valence-electron chi connectivity index (χ4n) is 1.81. The zero-order valence-corrected chi connectivity index (χ0v) is 10.5. The van der Waals surface area contributed by atoms with Gasteiger partial charge in [-0.25, -0.2) is 0 Å². The lowest BCUT2D eigenvalue weighted by atomic mass is 10.2. The van der Waals surface area contributed by atoms with E-state index in [1.54, 1.807) is 0 Å². The molecule has 1 heterocycles. The molecule has 0 unspecified atom stereocenters. The highest BCUT2D eigenvalue weighted by Gasteiger charge is 2.25. The van der Waals surface area contributed by atoms with Gasteiger partial charge in [0.25, 0.3) is 0 Å². The molecule has 18 heavy (non-hydrogen) atoms. The molecule has 0 amide bonds. The summed E-state index contributed by atoms with van der Waals surface area (Å²) >= 11 is 0. The number of rotatable bonds is 4. The van der Waals surface area contributed by atoms with Gasteiger partial charge in [-0.05, 0) is 6.42 Å². The monoisotopic (exact) mass is 250 g/mol. The number of carbonyl (C=O) groups is 1. The molecule has 4 heteroatoms. The molecule has 1 aromatic carbocycles. The van der Waals surface area contributed by atoms with Crippen molar-refractivity contribution in [2.24, 2.45) is 0 Å². The first-order valence-corrected chi connectivity index (χ1v) is 6.27. The molecular weight excluding hydrogens is 232 g/mol. The maximum atomic E-state index is 11.3. The van der Waals surface area contributed by atoms with Crippen molar-refractivity contribution in [1.29, 1.82) is 0 Å². The highest BCUT2D eigenvalue weighted by molar-refractivity contribution is 5.69. The van der Waals surface area contributed by atoms with Gasteiger partial charge in [0.05, 0.1) is 13.2 Å². The van der Waals surface area contributed by atoms with Crippen molar-refractivity contribution in [2.45, 2.75) is 32.2 Å². The van der Waals surface area contributed by atoms with Crippen LogP contribution >= 0.6 is 0 Å². The minimum absolute atomic E-state index is 0.187. The largest absolute Gasteiger partial charge is 0.457 e. The third-order valence-corrected chi connectivity index (χ3v) is 2.69. The molecule has 0 bridgehead atoms. The summed E-state index contributed by atoms with van der Waals surface area (Å²) in [6.45, 7) is 2.71. The summed E-state index contributed by atoms with van der Waals surface area (Å²) in [5.41, 5.74) is 0.982. The summed E-state index contributed by atoms with van der Waals surface area (Å²) in [5.74, 6) is -0.187. The predicted molar refractivity (Wildman–Crippen MR) is 65.9 cm³/mol. The van der Waals surface area contributed by atoms with Crippen molar-refractivity contribution in [3.05, 3.63) is 35.9 Å². The Morgan fingerprint density at radius 1 is 1.28 bits per heavy atom. The number of esters is 1. The number of hydrogen-bond acceptors (Lipinski definition) is 4. The van der Waals surface area contributed by atoms with E-state index in [1.807, 2.05) is 37.3 Å². The molecular formula is C14H18O4. The van der Waals surface area contributed by atoms with Crippen molar-refractivity contribution in [1.82, 2.24) is 0 Å². The van der Waals surface area contributed by atoms with E-state index in [0.29, 0.717) is 19.6 Å². The minimum Gasteiger partial charge on any atom is -0.457 e. The third kappa shape index (κ3) is 3.55. The topological polar surface area (TPSA) is 44.8 Å². The second-order valence-electron chi connectivity index (χ2n) is 4.27. The van der Waals surface area contributed by atoms with Crippen LogP contribution in [0.3, 0.4) is 0 Å². The average Bonchev–Trinajstić information content (AvgIpc) is 2.41. The van der Waals surface area contributed by atoms with E-state index < -0.39 is 0 Å². The van der Waals surface area contributed by atoms with Crippen molar-refractivity contribution in [3.63, 3.8) is 0 Å². The molecule has 1 aromatic rings. The van der Waals surface area contributed by atoms with Gasteiger partial charge in [0.2, 0.25) is 0 Å². The van der Waals surface area contributed by atoms with E-state index in [4.69, 9.17) is 14.2 Å². The second kappa shape index (κ2) is 6.52. The van der Waals surface area contributed by atoms with Crippen molar-refractivity contribution < 1.29 is 19.0 Å². The van der Waals surface area contributed by atoms with Crippen LogP contribution in [0.2, 0.25) is 0 Å². The summed E-state index contributed by atoms with van der Waals surface area (Å²) in [6, 6.07) is 9.73. The first-order valence-electron chi connectivity index (χ1n) is 6.27. The number of ether oxygens (including phenoxy) is 3. The smallest absolute Gasteiger partial charge is 0.306 e. The molecule has 0 saturated carbocycles. The van der Waals surface area contributed by atoms with Gasteiger partial charge in [-0.3, -0.25) is 4.79 Å². The van der Waals surface area contributed by atoms with E-state index in [1.165, 1.54) is 0 Å². The van der Waals surface area contributed by atoms with Crippen LogP contribution in [0.25, 0.3) is 0 Å². The Labute approximate surface area is 107 Å². The molecule has 0 aromatic heterocycles. The highest BCUT2D eigenvalue weighted by atomic mass is 16.7. The van der Waals surface area contributed by atoms with Crippen molar-refractivity contribution in [3.8, 4) is 0 Å². The van der Waals surface area contributed by atoms with Crippen LogP contribution < -0.4 is 0 Å². The Balaban J connectivity index is 1.80. The van der Waals surface area contributed by atoms with Gasteiger partial charge >= 0.3 is 5.97 Å². The van der Waals surface area contributed by atoms with Gasteiger partial charge in [-0.2, -0.15) is 0 Å². The fourth-order valence-corrected chi connectivity index (χ4v) is 1.81. The number of benzene rings is 1. The molecule has 1 aliphatic rings. The zero-order chi connectivity index (χ0) is 12.8. The Morgan fingerprint density at radius 2 is 1.94 bits per heavy atom. The molecule has 1 saturated heterocycles. The van der Waals surface area contributed by atoms with E-state index in [9.17, 15) is 4.79 Å². The lowest BCUT2D eigenvalue weighted by Crippen LogP contribution is -2.35. The molecule has 0 atom stereocenters. The van der Waals surface area contributed by atoms with E-state index in [-0.39, 0.29) is 18.4 Å². The summed E-state index contributed by atoms with van der Waals surface area (Å²) in [6.07, 6.45) is 0.592. The molecule has 0 aliphatic carbocycles. The van der Waals surface area contributed by atoms with E-state index >= 15 is 0 Å². The number of hydrogen-bond donors (Lipinski definition) is 0. The molecule has 0 spiro atoms. The Kier molecular flexibility index (Phi) is 4.73. The van der Waals surface area contributed by atoms with Crippen molar-refractivity contribution in [2.75, 3.05) is 13.2 Å². The molecule has 0 N–H and O–H groups in total. The zero-order valence-electron chi connectivity index (χ0n) is 10.5. The van der Waals surface area contributed by atoms with Crippen LogP contribution in [0.1, 0.15) is 31.6 Å². The van der Waals surface area contributed by atoms with Crippen LogP contribution in [0.4, 0.5) is 0 Å². The van der Waals surface area contributed by atoms with Gasteiger partial charge in [0, 0.05) is 12.0 Å². The molecule has 98 valence electrons. The average molecular weight is 250 g/mol. The Bertz CT molecular complexity index is 369. The molecule has 1 fully saturated rings. The molecule has 1 aliphatic heterocycles. The minimum atomic E-state index is -0.354. The summed E-state index contributed by atoms with van der Waals surface area (Å²) in [7, 11) is 0. The van der Waals surface area contributed by atoms with Crippen LogP contribution in [0.5, 0.6) is 0 Å². The quantitative estimate of drug-likeness (QED) is 0.770. The van der Waals surface area contributed by atoms with Gasteiger partial charge in [0.1, 0.15) is 6.10 Å². The summed E-state index contributed by atoms with van der Waals surface area (Å²) in [4.78, 5) is 11.3. The van der Waals surface area contributed by atoms with Crippen LogP contribution in [-0.4, -0.2) is 25.3 Å².